The highest BCUT2D eigenvalue weighted by Gasteiger charge is 2.45. The zero-order chi connectivity index (χ0) is 16.3. The van der Waals surface area contributed by atoms with E-state index in [0.29, 0.717) is 25.9 Å². The number of aliphatic hydroxyl groups is 1. The molecule has 0 spiro atoms. The number of benzene rings is 1. The molecule has 1 aromatic rings. The third kappa shape index (κ3) is 3.16. The smallest absolute Gasteiger partial charge is 0.225 e. The Morgan fingerprint density at radius 1 is 1.41 bits per heavy atom. The largest absolute Gasteiger partial charge is 0.396 e. The normalized spacial score (nSPS) is 19.8. The van der Waals surface area contributed by atoms with Gasteiger partial charge in [-0.2, -0.15) is 5.06 Å². The second kappa shape index (κ2) is 6.77. The lowest BCUT2D eigenvalue weighted by Crippen LogP contribution is -2.48. The van der Waals surface area contributed by atoms with E-state index in [0.717, 1.165) is 16.7 Å². The Bertz CT molecular complexity index is 537. The van der Waals surface area contributed by atoms with Crippen LogP contribution in [0.3, 0.4) is 0 Å². The summed E-state index contributed by atoms with van der Waals surface area (Å²) in [6, 6.07) is 6.05. The van der Waals surface area contributed by atoms with Crippen LogP contribution in [0, 0.1) is 19.3 Å². The fourth-order valence-corrected chi connectivity index (χ4v) is 3.51. The van der Waals surface area contributed by atoms with Crippen LogP contribution in [0.2, 0.25) is 0 Å². The molecule has 1 aromatic carbocycles. The van der Waals surface area contributed by atoms with Crippen molar-refractivity contribution in [2.24, 2.45) is 11.1 Å². The molecule has 1 amide bonds. The number of nitrogens with two attached hydrogens (primary N) is 1. The van der Waals surface area contributed by atoms with Gasteiger partial charge in [0, 0.05) is 25.1 Å². The number of carbonyl (C=O) groups is 1. The molecule has 0 aliphatic carbocycles. The van der Waals surface area contributed by atoms with E-state index in [-0.39, 0.29) is 12.5 Å². The molecular weight excluding hydrogens is 280 g/mol. The maximum Gasteiger partial charge on any atom is 0.225 e. The van der Waals surface area contributed by atoms with E-state index in [1.54, 1.807) is 7.11 Å². The molecule has 5 nitrogen and oxygen atoms in total. The first-order chi connectivity index (χ1) is 10.4. The first kappa shape index (κ1) is 16.9. The number of hydroxylamine groups is 2. The highest BCUT2D eigenvalue weighted by molar-refractivity contribution is 5.83. The summed E-state index contributed by atoms with van der Waals surface area (Å²) < 4.78 is 0. The van der Waals surface area contributed by atoms with Crippen LogP contribution >= 0.6 is 0 Å². The molecule has 122 valence electrons. The standard InChI is InChI=1S/C17H26N2O3/c1-12-4-5-13(2)14(10-12)15(16(18)21)17(11-20)6-8-19(22-3)9-7-17/h4-5,10,15,20H,6-9,11H2,1-3H3,(H2,18,21). The van der Waals surface area contributed by atoms with Crippen molar-refractivity contribution in [1.82, 2.24) is 5.06 Å². The first-order valence-electron chi connectivity index (χ1n) is 7.70. The molecule has 5 heteroatoms. The number of rotatable bonds is 5. The first-order valence-corrected chi connectivity index (χ1v) is 7.70. The van der Waals surface area contributed by atoms with Crippen molar-refractivity contribution >= 4 is 5.91 Å². The topological polar surface area (TPSA) is 75.8 Å². The Morgan fingerprint density at radius 3 is 2.55 bits per heavy atom. The molecular formula is C17H26N2O3. The quantitative estimate of drug-likeness (QED) is 0.864. The summed E-state index contributed by atoms with van der Waals surface area (Å²) in [5.74, 6) is -0.843. The second-order valence-corrected chi connectivity index (χ2v) is 6.33. The molecule has 0 radical (unpaired) electrons. The van der Waals surface area contributed by atoms with Crippen LogP contribution in [-0.4, -0.2) is 42.9 Å². The van der Waals surface area contributed by atoms with Gasteiger partial charge in [-0.15, -0.1) is 0 Å². The number of amides is 1. The maximum absolute atomic E-state index is 12.2. The molecule has 1 atom stereocenters. The minimum Gasteiger partial charge on any atom is -0.396 e. The summed E-state index contributed by atoms with van der Waals surface area (Å²) in [6.07, 6.45) is 1.36. The lowest BCUT2D eigenvalue weighted by Gasteiger charge is -2.44. The number of aryl methyl sites for hydroxylation is 2. The third-order valence-corrected chi connectivity index (χ3v) is 4.93. The van der Waals surface area contributed by atoms with Crippen LogP contribution in [0.1, 0.15) is 35.4 Å². The summed E-state index contributed by atoms with van der Waals surface area (Å²) in [4.78, 5) is 17.5. The van der Waals surface area contributed by atoms with Crippen LogP contribution in [0.15, 0.2) is 18.2 Å². The number of hydrogen-bond acceptors (Lipinski definition) is 4. The Morgan fingerprint density at radius 2 is 2.05 bits per heavy atom. The van der Waals surface area contributed by atoms with E-state index in [1.807, 2.05) is 37.1 Å². The molecule has 0 bridgehead atoms. The van der Waals surface area contributed by atoms with Gasteiger partial charge in [0.15, 0.2) is 0 Å². The van der Waals surface area contributed by atoms with Gasteiger partial charge >= 0.3 is 0 Å². The zero-order valence-electron chi connectivity index (χ0n) is 13.6. The molecule has 2 rings (SSSR count). The van der Waals surface area contributed by atoms with Gasteiger partial charge in [0.1, 0.15) is 0 Å². The minimum absolute atomic E-state index is 0.0501. The second-order valence-electron chi connectivity index (χ2n) is 6.33. The van der Waals surface area contributed by atoms with Crippen molar-refractivity contribution in [2.45, 2.75) is 32.6 Å². The van der Waals surface area contributed by atoms with E-state index >= 15 is 0 Å². The lowest BCUT2D eigenvalue weighted by molar-refractivity contribution is -0.168. The highest BCUT2D eigenvalue weighted by Crippen LogP contribution is 2.45. The average molecular weight is 306 g/mol. The monoisotopic (exact) mass is 306 g/mol. The summed E-state index contributed by atoms with van der Waals surface area (Å²) in [6.45, 7) is 5.31. The van der Waals surface area contributed by atoms with Gasteiger partial charge in [-0.25, -0.2) is 0 Å². The Balaban J connectivity index is 2.42. The van der Waals surface area contributed by atoms with Crippen molar-refractivity contribution < 1.29 is 14.7 Å². The SMILES string of the molecule is CON1CCC(CO)(C(C(N)=O)c2cc(C)ccc2C)CC1. The molecule has 1 saturated heterocycles. The van der Waals surface area contributed by atoms with Gasteiger partial charge in [-0.1, -0.05) is 23.8 Å². The van der Waals surface area contributed by atoms with Crippen LogP contribution in [0.4, 0.5) is 0 Å². The van der Waals surface area contributed by atoms with Crippen molar-refractivity contribution in [3.05, 3.63) is 34.9 Å². The molecule has 3 N–H and O–H groups in total. The van der Waals surface area contributed by atoms with E-state index < -0.39 is 11.3 Å². The fraction of sp³-hybridized carbons (Fsp3) is 0.588. The van der Waals surface area contributed by atoms with Gasteiger partial charge in [0.25, 0.3) is 0 Å². The summed E-state index contributed by atoms with van der Waals surface area (Å²) in [7, 11) is 1.64. The highest BCUT2D eigenvalue weighted by atomic mass is 16.7. The number of piperidine rings is 1. The Hall–Kier alpha value is -1.43. The number of carbonyl (C=O) groups excluding carboxylic acids is 1. The fourth-order valence-electron chi connectivity index (χ4n) is 3.51. The third-order valence-electron chi connectivity index (χ3n) is 4.93. The van der Waals surface area contributed by atoms with Crippen LogP contribution in [0.5, 0.6) is 0 Å². The molecule has 1 aliphatic rings. The number of primary amides is 1. The van der Waals surface area contributed by atoms with Gasteiger partial charge in [-0.3, -0.25) is 4.79 Å². The van der Waals surface area contributed by atoms with Crippen molar-refractivity contribution in [3.63, 3.8) is 0 Å². The lowest BCUT2D eigenvalue weighted by atomic mass is 9.65. The van der Waals surface area contributed by atoms with Gasteiger partial charge < -0.3 is 15.7 Å². The molecule has 1 fully saturated rings. The maximum atomic E-state index is 12.2. The van der Waals surface area contributed by atoms with Gasteiger partial charge in [0.2, 0.25) is 5.91 Å². The molecule has 1 heterocycles. The van der Waals surface area contributed by atoms with Crippen LogP contribution in [0.25, 0.3) is 0 Å². The van der Waals surface area contributed by atoms with Crippen molar-refractivity contribution in [3.8, 4) is 0 Å². The van der Waals surface area contributed by atoms with E-state index in [9.17, 15) is 9.90 Å². The van der Waals surface area contributed by atoms with Gasteiger partial charge in [0.05, 0.1) is 13.0 Å². The number of aliphatic hydroxyl groups excluding tert-OH is 1. The molecule has 0 saturated carbocycles. The Kier molecular flexibility index (Phi) is 5.21. The summed E-state index contributed by atoms with van der Waals surface area (Å²) >= 11 is 0. The molecule has 1 unspecified atom stereocenters. The van der Waals surface area contributed by atoms with Crippen LogP contribution in [-0.2, 0) is 9.63 Å². The summed E-state index contributed by atoms with van der Waals surface area (Å²) in [5, 5.41) is 11.9. The predicted octanol–water partition coefficient (Wildman–Crippen LogP) is 1.51. The van der Waals surface area contributed by atoms with Crippen molar-refractivity contribution in [1.29, 1.82) is 0 Å². The molecule has 0 aromatic heterocycles. The molecule has 1 aliphatic heterocycles. The van der Waals surface area contributed by atoms with E-state index in [4.69, 9.17) is 10.6 Å². The van der Waals surface area contributed by atoms with E-state index in [1.165, 1.54) is 0 Å². The average Bonchev–Trinajstić information content (AvgIpc) is 2.51. The van der Waals surface area contributed by atoms with E-state index in [2.05, 4.69) is 0 Å². The van der Waals surface area contributed by atoms with Gasteiger partial charge in [-0.05, 0) is 37.8 Å². The number of nitrogens with zero attached hydrogens (tertiary/aromatic N) is 1. The minimum atomic E-state index is -0.514. The zero-order valence-corrected chi connectivity index (χ0v) is 13.6. The Labute approximate surface area is 132 Å². The summed E-state index contributed by atoms with van der Waals surface area (Å²) in [5.41, 5.74) is 8.30. The number of hydrogen-bond donors (Lipinski definition) is 2. The van der Waals surface area contributed by atoms with Crippen molar-refractivity contribution in [2.75, 3.05) is 26.8 Å². The predicted molar refractivity (Wildman–Crippen MR) is 85.2 cm³/mol. The molecule has 22 heavy (non-hydrogen) atoms. The van der Waals surface area contributed by atoms with Crippen LogP contribution < -0.4 is 5.73 Å².